The highest BCUT2D eigenvalue weighted by Crippen LogP contribution is 2.21. The second-order valence-corrected chi connectivity index (χ2v) is 4.75. The summed E-state index contributed by atoms with van der Waals surface area (Å²) in [5.41, 5.74) is 0. The Hall–Kier alpha value is -0.910. The lowest BCUT2D eigenvalue weighted by Crippen LogP contribution is -2.31. The molecule has 6 heteroatoms. The number of halogens is 1. The summed E-state index contributed by atoms with van der Waals surface area (Å²) in [5.74, 6) is -1.15. The van der Waals surface area contributed by atoms with Crippen LogP contribution in [0.15, 0.2) is 12.1 Å². The predicted molar refractivity (Wildman–Crippen MR) is 63.2 cm³/mol. The first-order valence-corrected chi connectivity index (χ1v) is 5.91. The topological polar surface area (TPSA) is 55.4 Å². The van der Waals surface area contributed by atoms with E-state index in [1.54, 1.807) is 19.2 Å². The second kappa shape index (κ2) is 6.62. The normalized spacial score (nSPS) is 10.1. The summed E-state index contributed by atoms with van der Waals surface area (Å²) >= 11 is 6.77. The van der Waals surface area contributed by atoms with Gasteiger partial charge >= 0.3 is 0 Å². The smallest absolute Gasteiger partial charge is 0.293 e. The maximum atomic E-state index is 11.5. The van der Waals surface area contributed by atoms with Crippen LogP contribution in [0.3, 0.4) is 0 Å². The van der Waals surface area contributed by atoms with Crippen LogP contribution in [0.1, 0.15) is 16.1 Å². The number of thiophene rings is 1. The van der Waals surface area contributed by atoms with Crippen molar-refractivity contribution in [2.45, 2.75) is 6.42 Å². The van der Waals surface area contributed by atoms with Crippen molar-refractivity contribution in [1.29, 1.82) is 0 Å². The number of nitrogens with one attached hydrogen (secondary N) is 1. The third-order valence-electron chi connectivity index (χ3n) is 1.81. The summed E-state index contributed by atoms with van der Waals surface area (Å²) in [5, 5.41) is 2.52. The van der Waals surface area contributed by atoms with Gasteiger partial charge in [-0.25, -0.2) is 0 Å². The Morgan fingerprint density at radius 3 is 2.81 bits per heavy atom. The Kier molecular flexibility index (Phi) is 5.45. The van der Waals surface area contributed by atoms with Crippen molar-refractivity contribution in [3.8, 4) is 0 Å². The Bertz CT molecular complexity index is 378. The highest BCUT2D eigenvalue weighted by Gasteiger charge is 2.17. The molecule has 0 saturated carbocycles. The fourth-order valence-electron chi connectivity index (χ4n) is 1.05. The lowest BCUT2D eigenvalue weighted by molar-refractivity contribution is -0.117. The van der Waals surface area contributed by atoms with E-state index in [2.05, 4.69) is 5.32 Å². The maximum Gasteiger partial charge on any atom is 0.293 e. The Labute approximate surface area is 103 Å². The van der Waals surface area contributed by atoms with Gasteiger partial charge in [-0.2, -0.15) is 0 Å². The van der Waals surface area contributed by atoms with Crippen LogP contribution in [0, 0.1) is 0 Å². The van der Waals surface area contributed by atoms with Gasteiger partial charge in [0.05, 0.1) is 9.21 Å². The summed E-state index contributed by atoms with van der Waals surface area (Å²) in [6.07, 6.45) is 0.681. The van der Waals surface area contributed by atoms with E-state index < -0.39 is 11.7 Å². The minimum Gasteiger partial charge on any atom is -0.385 e. The van der Waals surface area contributed by atoms with Gasteiger partial charge in [-0.3, -0.25) is 9.59 Å². The molecule has 1 N–H and O–H groups in total. The molecule has 0 aliphatic carbocycles. The Morgan fingerprint density at radius 2 is 2.25 bits per heavy atom. The molecule has 0 unspecified atom stereocenters. The molecular formula is C10H12ClNO3S. The molecule has 16 heavy (non-hydrogen) atoms. The standard InChI is InChI=1S/C10H12ClNO3S/c1-15-6-2-5-12-10(14)9(13)7-3-4-8(11)16-7/h3-4H,2,5-6H2,1H3,(H,12,14). The number of amides is 1. The molecule has 0 radical (unpaired) electrons. The van der Waals surface area contributed by atoms with Gasteiger partial charge in [-0.1, -0.05) is 11.6 Å². The van der Waals surface area contributed by atoms with Gasteiger partial charge in [-0.05, 0) is 18.6 Å². The van der Waals surface area contributed by atoms with E-state index in [-0.39, 0.29) is 0 Å². The number of rotatable bonds is 6. The van der Waals surface area contributed by atoms with Gasteiger partial charge in [0.25, 0.3) is 11.7 Å². The van der Waals surface area contributed by atoms with Crippen LogP contribution >= 0.6 is 22.9 Å². The molecule has 0 bridgehead atoms. The largest absolute Gasteiger partial charge is 0.385 e. The van der Waals surface area contributed by atoms with Crippen LogP contribution in [-0.4, -0.2) is 32.0 Å². The van der Waals surface area contributed by atoms with Crippen molar-refractivity contribution in [2.75, 3.05) is 20.3 Å². The average molecular weight is 262 g/mol. The number of hydrogen-bond acceptors (Lipinski definition) is 4. The number of hydrogen-bond donors (Lipinski definition) is 1. The molecule has 0 atom stereocenters. The number of carbonyl (C=O) groups is 2. The van der Waals surface area contributed by atoms with Gasteiger partial charge in [0, 0.05) is 20.3 Å². The minimum atomic E-state index is -0.602. The van der Waals surface area contributed by atoms with Gasteiger partial charge in [0.2, 0.25) is 0 Å². The van der Waals surface area contributed by atoms with E-state index in [1.807, 2.05) is 0 Å². The van der Waals surface area contributed by atoms with Gasteiger partial charge in [-0.15, -0.1) is 11.3 Å². The molecule has 4 nitrogen and oxygen atoms in total. The third-order valence-corrected chi connectivity index (χ3v) is 3.04. The quantitative estimate of drug-likeness (QED) is 0.482. The third kappa shape index (κ3) is 3.92. The van der Waals surface area contributed by atoms with Crippen LogP contribution in [-0.2, 0) is 9.53 Å². The molecule has 1 heterocycles. The molecule has 0 spiro atoms. The summed E-state index contributed by atoms with van der Waals surface area (Å²) < 4.78 is 5.32. The molecule has 1 rings (SSSR count). The fraction of sp³-hybridized carbons (Fsp3) is 0.400. The summed E-state index contributed by atoms with van der Waals surface area (Å²) in [6, 6.07) is 3.14. The Morgan fingerprint density at radius 1 is 1.50 bits per heavy atom. The van der Waals surface area contributed by atoms with Crippen LogP contribution in [0.2, 0.25) is 4.34 Å². The average Bonchev–Trinajstić information content (AvgIpc) is 2.70. The van der Waals surface area contributed by atoms with Crippen LogP contribution < -0.4 is 5.32 Å². The molecule has 1 aromatic heterocycles. The highest BCUT2D eigenvalue weighted by atomic mass is 35.5. The van der Waals surface area contributed by atoms with Crippen molar-refractivity contribution in [1.82, 2.24) is 5.32 Å². The molecule has 0 aliphatic heterocycles. The van der Waals surface area contributed by atoms with Crippen molar-refractivity contribution in [3.63, 3.8) is 0 Å². The highest BCUT2D eigenvalue weighted by molar-refractivity contribution is 7.18. The number of carbonyl (C=O) groups excluding carboxylic acids is 2. The Balaban J connectivity index is 2.39. The molecule has 0 aromatic carbocycles. The summed E-state index contributed by atoms with van der Waals surface area (Å²) in [4.78, 5) is 23.3. The molecule has 1 aromatic rings. The molecule has 0 saturated heterocycles. The van der Waals surface area contributed by atoms with E-state index in [4.69, 9.17) is 16.3 Å². The van der Waals surface area contributed by atoms with E-state index in [0.29, 0.717) is 28.8 Å². The zero-order chi connectivity index (χ0) is 12.0. The number of methoxy groups -OCH3 is 1. The van der Waals surface area contributed by atoms with Crippen molar-refractivity contribution in [2.24, 2.45) is 0 Å². The van der Waals surface area contributed by atoms with Crippen LogP contribution in [0.5, 0.6) is 0 Å². The van der Waals surface area contributed by atoms with Gasteiger partial charge in [0.1, 0.15) is 0 Å². The lowest BCUT2D eigenvalue weighted by Gasteiger charge is -2.02. The number of ether oxygens (including phenoxy) is 1. The van der Waals surface area contributed by atoms with E-state index in [0.717, 1.165) is 11.3 Å². The van der Waals surface area contributed by atoms with Crippen molar-refractivity contribution < 1.29 is 14.3 Å². The second-order valence-electron chi connectivity index (χ2n) is 3.04. The molecule has 1 amide bonds. The van der Waals surface area contributed by atoms with Crippen LogP contribution in [0.4, 0.5) is 0 Å². The first kappa shape index (κ1) is 13.2. The van der Waals surface area contributed by atoms with Crippen molar-refractivity contribution >= 4 is 34.6 Å². The molecule has 88 valence electrons. The number of Topliss-reactive ketones (excluding diaryl/α,β-unsaturated/α-hetero) is 1. The minimum absolute atomic E-state index is 0.356. The fourth-order valence-corrected chi connectivity index (χ4v) is 2.03. The van der Waals surface area contributed by atoms with E-state index in [9.17, 15) is 9.59 Å². The zero-order valence-electron chi connectivity index (χ0n) is 8.79. The van der Waals surface area contributed by atoms with Crippen molar-refractivity contribution in [3.05, 3.63) is 21.3 Å². The van der Waals surface area contributed by atoms with Gasteiger partial charge < -0.3 is 10.1 Å². The lowest BCUT2D eigenvalue weighted by atomic mass is 10.3. The molecule has 0 aliphatic rings. The molecule has 0 fully saturated rings. The maximum absolute atomic E-state index is 11.5. The SMILES string of the molecule is COCCCNC(=O)C(=O)c1ccc(Cl)s1. The summed E-state index contributed by atoms with van der Waals surface area (Å²) in [7, 11) is 1.58. The zero-order valence-corrected chi connectivity index (χ0v) is 10.4. The van der Waals surface area contributed by atoms with Crippen LogP contribution in [0.25, 0.3) is 0 Å². The first-order chi connectivity index (χ1) is 7.65. The first-order valence-electron chi connectivity index (χ1n) is 4.72. The van der Waals surface area contributed by atoms with E-state index in [1.165, 1.54) is 0 Å². The monoisotopic (exact) mass is 261 g/mol. The van der Waals surface area contributed by atoms with Gasteiger partial charge in [0.15, 0.2) is 0 Å². The van der Waals surface area contributed by atoms with E-state index >= 15 is 0 Å². The number of ketones is 1. The predicted octanol–water partition coefficient (Wildman–Crippen LogP) is 1.74. The summed E-state index contributed by atoms with van der Waals surface area (Å²) in [6.45, 7) is 0.983. The molecular weight excluding hydrogens is 250 g/mol.